The van der Waals surface area contributed by atoms with E-state index in [4.69, 9.17) is 11.6 Å². The lowest BCUT2D eigenvalue weighted by Gasteiger charge is -2.17. The van der Waals surface area contributed by atoms with E-state index in [0.29, 0.717) is 10.6 Å². The monoisotopic (exact) mass is 324 g/mol. The number of nitrogens with one attached hydrogen (secondary N) is 1. The van der Waals surface area contributed by atoms with E-state index in [-0.39, 0.29) is 5.69 Å². The molecule has 0 saturated carbocycles. The van der Waals surface area contributed by atoms with Crippen molar-refractivity contribution in [2.24, 2.45) is 0 Å². The van der Waals surface area contributed by atoms with Crippen LogP contribution in [0.25, 0.3) is 22.4 Å². The fourth-order valence-electron chi connectivity index (χ4n) is 3.29. The Morgan fingerprint density at radius 2 is 2.04 bits per heavy atom. The molecule has 0 unspecified atom stereocenters. The largest absolute Gasteiger partial charge is 0.477 e. The number of hydrogen-bond donors (Lipinski definition) is 2. The zero-order valence-electron chi connectivity index (χ0n) is 12.1. The van der Waals surface area contributed by atoms with E-state index in [9.17, 15) is 9.90 Å². The number of benzene rings is 1. The minimum absolute atomic E-state index is 0.191. The van der Waals surface area contributed by atoms with Crippen molar-refractivity contribution < 1.29 is 9.90 Å². The van der Waals surface area contributed by atoms with Crippen LogP contribution in [0.3, 0.4) is 0 Å². The molecule has 3 aromatic rings. The molecule has 2 aromatic heterocycles. The molecule has 2 N–H and O–H groups in total. The highest BCUT2D eigenvalue weighted by molar-refractivity contribution is 6.30. The highest BCUT2D eigenvalue weighted by atomic mass is 35.5. The van der Waals surface area contributed by atoms with E-state index >= 15 is 0 Å². The smallest absolute Gasteiger partial charge is 0.352 e. The van der Waals surface area contributed by atoms with E-state index in [0.717, 1.165) is 35.2 Å². The molecule has 1 aromatic carbocycles. The number of hydrogen-bond acceptors (Lipinski definition) is 2. The van der Waals surface area contributed by atoms with Gasteiger partial charge in [0.1, 0.15) is 5.69 Å². The lowest BCUT2D eigenvalue weighted by molar-refractivity contribution is 0.0692. The first-order valence-corrected chi connectivity index (χ1v) is 7.70. The minimum Gasteiger partial charge on any atom is -0.477 e. The van der Waals surface area contributed by atoms with Crippen molar-refractivity contribution in [3.8, 4) is 22.4 Å². The van der Waals surface area contributed by atoms with Gasteiger partial charge in [0.15, 0.2) is 0 Å². The number of nitrogens with zero attached hydrogens (tertiary/aromatic N) is 1. The Kier molecular flexibility index (Phi) is 3.20. The fraction of sp³-hybridized carbons (Fsp3) is 0.111. The summed E-state index contributed by atoms with van der Waals surface area (Å²) in [5.41, 5.74) is 5.82. The predicted molar refractivity (Wildman–Crippen MR) is 88.8 cm³/mol. The Labute approximate surface area is 137 Å². The summed E-state index contributed by atoms with van der Waals surface area (Å²) in [5.74, 6) is -0.980. The maximum Gasteiger partial charge on any atom is 0.352 e. The van der Waals surface area contributed by atoms with Gasteiger partial charge in [0.05, 0.1) is 10.7 Å². The molecule has 0 amide bonds. The average Bonchev–Trinajstić information content (AvgIpc) is 2.95. The lowest BCUT2D eigenvalue weighted by Crippen LogP contribution is -2.03. The van der Waals surface area contributed by atoms with Gasteiger partial charge in [-0.1, -0.05) is 35.9 Å². The quantitative estimate of drug-likeness (QED) is 0.742. The molecule has 0 bridgehead atoms. The SMILES string of the molecule is O=C(O)c1[nH]c2c(c1-c1cncc(Cl)c1)CCc1ccccc1-2. The number of aryl methyl sites for hydroxylation is 1. The van der Waals surface area contributed by atoms with Crippen molar-refractivity contribution in [1.29, 1.82) is 0 Å². The van der Waals surface area contributed by atoms with Gasteiger partial charge in [-0.2, -0.15) is 0 Å². The summed E-state index contributed by atoms with van der Waals surface area (Å²) in [6, 6.07) is 9.84. The van der Waals surface area contributed by atoms with Gasteiger partial charge in [-0.15, -0.1) is 0 Å². The number of aromatic amines is 1. The van der Waals surface area contributed by atoms with Crippen LogP contribution in [0.5, 0.6) is 0 Å². The third-order valence-corrected chi connectivity index (χ3v) is 4.45. The second kappa shape index (κ2) is 5.25. The maximum atomic E-state index is 11.7. The molecule has 0 atom stereocenters. The molecule has 114 valence electrons. The standard InChI is InChI=1S/C18H13ClN2O2/c19-12-7-11(8-20-9-12)15-14-6-5-10-3-1-2-4-13(10)16(14)21-17(15)18(22)23/h1-4,7-9,21H,5-6H2,(H,22,23). The normalized spacial score (nSPS) is 12.6. The van der Waals surface area contributed by atoms with Crippen molar-refractivity contribution in [3.05, 3.63) is 64.6 Å². The number of carbonyl (C=O) groups is 1. The number of fused-ring (bicyclic) bond motifs is 3. The maximum absolute atomic E-state index is 11.7. The van der Waals surface area contributed by atoms with Crippen molar-refractivity contribution in [2.75, 3.05) is 0 Å². The molecule has 0 fully saturated rings. The van der Waals surface area contributed by atoms with E-state index < -0.39 is 5.97 Å². The fourth-order valence-corrected chi connectivity index (χ4v) is 3.46. The Morgan fingerprint density at radius 3 is 2.83 bits per heavy atom. The average molecular weight is 325 g/mol. The first kappa shape index (κ1) is 14.0. The summed E-state index contributed by atoms with van der Waals surface area (Å²) in [4.78, 5) is 18.9. The first-order chi connectivity index (χ1) is 11.1. The van der Waals surface area contributed by atoms with Gasteiger partial charge >= 0.3 is 5.97 Å². The van der Waals surface area contributed by atoms with Gasteiger partial charge in [-0.3, -0.25) is 4.98 Å². The van der Waals surface area contributed by atoms with Gasteiger partial charge < -0.3 is 10.1 Å². The van der Waals surface area contributed by atoms with Gasteiger partial charge in [0, 0.05) is 29.1 Å². The van der Waals surface area contributed by atoms with E-state index in [1.807, 2.05) is 18.2 Å². The van der Waals surface area contributed by atoms with Crippen LogP contribution in [-0.2, 0) is 12.8 Å². The topological polar surface area (TPSA) is 66.0 Å². The van der Waals surface area contributed by atoms with Crippen LogP contribution in [0, 0.1) is 0 Å². The summed E-state index contributed by atoms with van der Waals surface area (Å²) in [5, 5.41) is 10.1. The van der Waals surface area contributed by atoms with Gasteiger partial charge in [-0.25, -0.2) is 4.79 Å². The Balaban J connectivity index is 2.01. The Hall–Kier alpha value is -2.59. The summed E-state index contributed by atoms with van der Waals surface area (Å²) in [7, 11) is 0. The van der Waals surface area contributed by atoms with E-state index in [1.165, 1.54) is 5.56 Å². The van der Waals surface area contributed by atoms with Gasteiger partial charge in [0.25, 0.3) is 0 Å². The number of carboxylic acid groups (broad SMARTS) is 1. The second-order valence-electron chi connectivity index (χ2n) is 5.58. The lowest BCUT2D eigenvalue weighted by atomic mass is 9.87. The first-order valence-electron chi connectivity index (χ1n) is 7.32. The number of rotatable bonds is 2. The molecule has 1 aliphatic carbocycles. The molecule has 0 radical (unpaired) electrons. The predicted octanol–water partition coefficient (Wildman–Crippen LogP) is 4.19. The van der Waals surface area contributed by atoms with E-state index in [2.05, 4.69) is 16.0 Å². The molecule has 2 heterocycles. The number of halogens is 1. The number of pyridine rings is 1. The molecule has 4 nitrogen and oxygen atoms in total. The molecule has 1 aliphatic rings. The summed E-state index contributed by atoms with van der Waals surface area (Å²) >= 11 is 6.04. The molecule has 23 heavy (non-hydrogen) atoms. The van der Waals surface area contributed by atoms with E-state index in [1.54, 1.807) is 18.5 Å². The number of aromatic nitrogens is 2. The third-order valence-electron chi connectivity index (χ3n) is 4.24. The molecular formula is C18H13ClN2O2. The molecule has 0 spiro atoms. The summed E-state index contributed by atoms with van der Waals surface area (Å²) in [6.07, 6.45) is 4.88. The van der Waals surface area contributed by atoms with Crippen LogP contribution >= 0.6 is 11.6 Å². The molecule has 0 aliphatic heterocycles. The zero-order valence-corrected chi connectivity index (χ0v) is 12.9. The van der Waals surface area contributed by atoms with Crippen molar-refractivity contribution in [3.63, 3.8) is 0 Å². The van der Waals surface area contributed by atoms with Crippen molar-refractivity contribution in [1.82, 2.24) is 9.97 Å². The second-order valence-corrected chi connectivity index (χ2v) is 6.02. The Morgan fingerprint density at radius 1 is 1.22 bits per heavy atom. The molecule has 0 saturated heterocycles. The molecule has 5 heteroatoms. The van der Waals surface area contributed by atoms with Crippen LogP contribution in [0.2, 0.25) is 5.02 Å². The Bertz CT molecular complexity index is 931. The van der Waals surface area contributed by atoms with Gasteiger partial charge in [-0.05, 0) is 30.0 Å². The van der Waals surface area contributed by atoms with Crippen molar-refractivity contribution >= 4 is 17.6 Å². The highest BCUT2D eigenvalue weighted by Crippen LogP contribution is 2.41. The molecular weight excluding hydrogens is 312 g/mol. The van der Waals surface area contributed by atoms with Crippen LogP contribution in [0.15, 0.2) is 42.7 Å². The van der Waals surface area contributed by atoms with Crippen LogP contribution in [0.4, 0.5) is 0 Å². The summed E-state index contributed by atoms with van der Waals surface area (Å²) < 4.78 is 0. The summed E-state index contributed by atoms with van der Waals surface area (Å²) in [6.45, 7) is 0. The molecule has 4 rings (SSSR count). The zero-order chi connectivity index (χ0) is 16.0. The van der Waals surface area contributed by atoms with Crippen LogP contribution in [0.1, 0.15) is 21.6 Å². The number of H-pyrrole nitrogens is 1. The van der Waals surface area contributed by atoms with Crippen molar-refractivity contribution in [2.45, 2.75) is 12.8 Å². The number of aromatic carboxylic acids is 1. The van der Waals surface area contributed by atoms with Crippen LogP contribution < -0.4 is 0 Å². The third kappa shape index (κ3) is 2.23. The van der Waals surface area contributed by atoms with Crippen LogP contribution in [-0.4, -0.2) is 21.0 Å². The number of carboxylic acids is 1. The highest BCUT2D eigenvalue weighted by Gasteiger charge is 2.27. The van der Waals surface area contributed by atoms with Gasteiger partial charge in [0.2, 0.25) is 0 Å². The minimum atomic E-state index is -0.980.